The van der Waals surface area contributed by atoms with E-state index in [1.165, 1.54) is 13.2 Å². The van der Waals surface area contributed by atoms with Gasteiger partial charge in [-0.15, -0.1) is 0 Å². The maximum Gasteiger partial charge on any atom is 0.266 e. The molecular weight excluding hydrogens is 396 g/mol. The Labute approximate surface area is 161 Å². The van der Waals surface area contributed by atoms with Crippen molar-refractivity contribution in [3.05, 3.63) is 57.6 Å². The summed E-state index contributed by atoms with van der Waals surface area (Å²) in [6, 6.07) is 12.8. The van der Waals surface area contributed by atoms with E-state index in [9.17, 15) is 10.1 Å². The maximum atomic E-state index is 12.4. The summed E-state index contributed by atoms with van der Waals surface area (Å²) in [4.78, 5) is 12.4. The van der Waals surface area contributed by atoms with E-state index in [0.717, 1.165) is 5.56 Å². The van der Waals surface area contributed by atoms with Crippen molar-refractivity contribution in [1.29, 1.82) is 5.26 Å². The molecule has 134 valence electrons. The van der Waals surface area contributed by atoms with Crippen LogP contribution >= 0.6 is 15.9 Å². The van der Waals surface area contributed by atoms with Crippen molar-refractivity contribution < 1.29 is 14.3 Å². The summed E-state index contributed by atoms with van der Waals surface area (Å²) in [6.45, 7) is 4.31. The van der Waals surface area contributed by atoms with Crippen LogP contribution in [0.4, 0.5) is 5.69 Å². The van der Waals surface area contributed by atoms with Crippen LogP contribution < -0.4 is 14.8 Å². The number of nitrogens with zero attached hydrogens (tertiary/aromatic N) is 1. The van der Waals surface area contributed by atoms with E-state index in [-0.39, 0.29) is 5.57 Å². The van der Waals surface area contributed by atoms with E-state index < -0.39 is 5.91 Å². The Kier molecular flexibility index (Phi) is 6.81. The molecule has 2 aromatic carbocycles. The van der Waals surface area contributed by atoms with Crippen molar-refractivity contribution in [2.24, 2.45) is 0 Å². The number of nitriles is 1. The van der Waals surface area contributed by atoms with Crippen molar-refractivity contribution in [3.8, 4) is 17.6 Å². The highest BCUT2D eigenvalue weighted by atomic mass is 79.9. The van der Waals surface area contributed by atoms with E-state index in [2.05, 4.69) is 21.2 Å². The maximum absolute atomic E-state index is 12.4. The van der Waals surface area contributed by atoms with Crippen LogP contribution in [0.2, 0.25) is 0 Å². The standard InChI is InChI=1S/C20H19BrN2O3/c1-4-26-19-11-17(21)14(10-18(19)25-3)9-15(12-22)20(24)23-16-7-5-6-13(2)8-16/h5-11H,4H2,1-3H3,(H,23,24)/b15-9-. The van der Waals surface area contributed by atoms with Crippen molar-refractivity contribution in [1.82, 2.24) is 0 Å². The summed E-state index contributed by atoms with van der Waals surface area (Å²) in [6.07, 6.45) is 1.51. The summed E-state index contributed by atoms with van der Waals surface area (Å²) in [7, 11) is 1.54. The first-order valence-corrected chi connectivity index (χ1v) is 8.78. The zero-order valence-corrected chi connectivity index (χ0v) is 16.4. The highest BCUT2D eigenvalue weighted by Gasteiger charge is 2.13. The molecule has 0 radical (unpaired) electrons. The smallest absolute Gasteiger partial charge is 0.266 e. The number of rotatable bonds is 6. The van der Waals surface area contributed by atoms with Gasteiger partial charge in [0.05, 0.1) is 13.7 Å². The van der Waals surface area contributed by atoms with Crippen LogP contribution in [0.3, 0.4) is 0 Å². The minimum absolute atomic E-state index is 0.0154. The molecule has 0 fully saturated rings. The molecule has 0 aliphatic rings. The summed E-state index contributed by atoms with van der Waals surface area (Å²) < 4.78 is 11.5. The fourth-order valence-electron chi connectivity index (χ4n) is 2.31. The van der Waals surface area contributed by atoms with Crippen molar-refractivity contribution in [3.63, 3.8) is 0 Å². The number of carbonyl (C=O) groups is 1. The quantitative estimate of drug-likeness (QED) is 0.548. The molecule has 26 heavy (non-hydrogen) atoms. The predicted octanol–water partition coefficient (Wildman–Crippen LogP) is 4.71. The molecule has 0 bridgehead atoms. The van der Waals surface area contributed by atoms with Gasteiger partial charge in [-0.25, -0.2) is 0 Å². The number of carbonyl (C=O) groups excluding carboxylic acids is 1. The topological polar surface area (TPSA) is 71.3 Å². The molecule has 2 rings (SSSR count). The normalized spacial score (nSPS) is 10.8. The molecule has 0 saturated heterocycles. The molecule has 0 atom stereocenters. The number of nitrogens with one attached hydrogen (secondary N) is 1. The largest absolute Gasteiger partial charge is 0.493 e. The van der Waals surface area contributed by atoms with Gasteiger partial charge in [-0.1, -0.05) is 28.1 Å². The number of hydrogen-bond acceptors (Lipinski definition) is 4. The first-order chi connectivity index (χ1) is 12.5. The molecule has 0 aliphatic carbocycles. The Balaban J connectivity index is 2.33. The second-order valence-corrected chi connectivity index (χ2v) is 6.31. The third-order valence-electron chi connectivity index (χ3n) is 3.52. The fraction of sp³-hybridized carbons (Fsp3) is 0.200. The Morgan fingerprint density at radius 1 is 1.31 bits per heavy atom. The van der Waals surface area contributed by atoms with Crippen molar-refractivity contribution in [2.45, 2.75) is 13.8 Å². The number of methoxy groups -OCH3 is 1. The molecule has 5 nitrogen and oxygen atoms in total. The number of hydrogen-bond donors (Lipinski definition) is 1. The SMILES string of the molecule is CCOc1cc(Br)c(/C=C(/C#N)C(=O)Nc2cccc(C)c2)cc1OC. The Bertz CT molecular complexity index is 885. The lowest BCUT2D eigenvalue weighted by Crippen LogP contribution is -2.13. The van der Waals surface area contributed by atoms with E-state index in [0.29, 0.717) is 33.8 Å². The molecule has 0 aromatic heterocycles. The molecule has 0 aliphatic heterocycles. The summed E-state index contributed by atoms with van der Waals surface area (Å²) in [5.74, 6) is 0.636. The zero-order valence-electron chi connectivity index (χ0n) is 14.8. The Hall–Kier alpha value is -2.78. The summed E-state index contributed by atoms with van der Waals surface area (Å²) in [5.41, 5.74) is 2.28. The second kappa shape index (κ2) is 9.07. The van der Waals surface area contributed by atoms with Gasteiger partial charge in [0.25, 0.3) is 5.91 Å². The molecule has 0 heterocycles. The molecule has 1 N–H and O–H groups in total. The van der Waals surface area contributed by atoms with E-state index in [4.69, 9.17) is 9.47 Å². The van der Waals surface area contributed by atoms with E-state index in [1.54, 1.807) is 18.2 Å². The van der Waals surface area contributed by atoms with Crippen LogP contribution in [0.15, 0.2) is 46.4 Å². The monoisotopic (exact) mass is 414 g/mol. The number of benzene rings is 2. The number of halogens is 1. The third kappa shape index (κ3) is 4.87. The van der Waals surface area contributed by atoms with Gasteiger partial charge in [-0.3, -0.25) is 4.79 Å². The van der Waals surface area contributed by atoms with Crippen LogP contribution in [-0.4, -0.2) is 19.6 Å². The summed E-state index contributed by atoms with van der Waals surface area (Å²) >= 11 is 3.44. The minimum Gasteiger partial charge on any atom is -0.493 e. The highest BCUT2D eigenvalue weighted by Crippen LogP contribution is 2.34. The van der Waals surface area contributed by atoms with Crippen LogP contribution in [-0.2, 0) is 4.79 Å². The lowest BCUT2D eigenvalue weighted by Gasteiger charge is -2.12. The fourth-order valence-corrected chi connectivity index (χ4v) is 2.75. The molecule has 1 amide bonds. The molecule has 0 spiro atoms. The number of aryl methyl sites for hydroxylation is 1. The Morgan fingerprint density at radius 2 is 2.08 bits per heavy atom. The van der Waals surface area contributed by atoms with Gasteiger partial charge in [0.2, 0.25) is 0 Å². The first kappa shape index (κ1) is 19.5. The van der Waals surface area contributed by atoms with Gasteiger partial charge in [-0.05, 0) is 55.3 Å². The van der Waals surface area contributed by atoms with Gasteiger partial charge in [0.15, 0.2) is 11.5 Å². The van der Waals surface area contributed by atoms with Crippen LogP contribution in [0, 0.1) is 18.3 Å². The lowest BCUT2D eigenvalue weighted by atomic mass is 10.1. The highest BCUT2D eigenvalue weighted by molar-refractivity contribution is 9.10. The minimum atomic E-state index is -0.474. The van der Waals surface area contributed by atoms with Crippen LogP contribution in [0.1, 0.15) is 18.1 Å². The van der Waals surface area contributed by atoms with Gasteiger partial charge in [-0.2, -0.15) is 5.26 Å². The first-order valence-electron chi connectivity index (χ1n) is 7.98. The zero-order chi connectivity index (χ0) is 19.1. The second-order valence-electron chi connectivity index (χ2n) is 5.45. The number of ether oxygens (including phenoxy) is 2. The van der Waals surface area contributed by atoms with E-state index >= 15 is 0 Å². The van der Waals surface area contributed by atoms with Gasteiger partial charge in [0, 0.05) is 10.2 Å². The van der Waals surface area contributed by atoms with Gasteiger partial charge in [0.1, 0.15) is 11.6 Å². The number of amides is 1. The molecule has 2 aromatic rings. The average Bonchev–Trinajstić information content (AvgIpc) is 2.61. The van der Waals surface area contributed by atoms with Gasteiger partial charge < -0.3 is 14.8 Å². The van der Waals surface area contributed by atoms with Crippen LogP contribution in [0.25, 0.3) is 6.08 Å². The molecule has 0 saturated carbocycles. The van der Waals surface area contributed by atoms with E-state index in [1.807, 2.05) is 38.1 Å². The van der Waals surface area contributed by atoms with Crippen molar-refractivity contribution >= 4 is 33.6 Å². The Morgan fingerprint density at radius 3 is 2.69 bits per heavy atom. The molecule has 0 unspecified atom stereocenters. The van der Waals surface area contributed by atoms with Gasteiger partial charge >= 0.3 is 0 Å². The summed E-state index contributed by atoms with van der Waals surface area (Å²) in [5, 5.41) is 12.1. The van der Waals surface area contributed by atoms with Crippen LogP contribution in [0.5, 0.6) is 11.5 Å². The lowest BCUT2D eigenvalue weighted by molar-refractivity contribution is -0.112. The average molecular weight is 415 g/mol. The van der Waals surface area contributed by atoms with Crippen molar-refractivity contribution in [2.75, 3.05) is 19.0 Å². The third-order valence-corrected chi connectivity index (χ3v) is 4.21. The number of anilines is 1. The molecule has 6 heteroatoms. The molecular formula is C20H19BrN2O3. The predicted molar refractivity (Wildman–Crippen MR) is 105 cm³/mol.